The Hall–Kier alpha value is -1.78. The van der Waals surface area contributed by atoms with Crippen LogP contribution in [0.2, 0.25) is 10.0 Å². The van der Waals surface area contributed by atoms with Crippen molar-refractivity contribution in [2.24, 2.45) is 0 Å². The molecule has 23 heavy (non-hydrogen) atoms. The van der Waals surface area contributed by atoms with E-state index in [4.69, 9.17) is 27.9 Å². The summed E-state index contributed by atoms with van der Waals surface area (Å²) in [6.45, 7) is 4.40. The summed E-state index contributed by atoms with van der Waals surface area (Å²) in [6.07, 6.45) is 1.89. The van der Waals surface area contributed by atoms with E-state index in [1.54, 1.807) is 24.4 Å². The zero-order valence-corrected chi connectivity index (χ0v) is 14.5. The molecule has 2 rings (SSSR count). The van der Waals surface area contributed by atoms with Crippen LogP contribution < -0.4 is 10.1 Å². The minimum Gasteiger partial charge on any atom is -0.492 e. The van der Waals surface area contributed by atoms with E-state index in [2.05, 4.69) is 10.3 Å². The molecule has 0 saturated carbocycles. The first-order valence-corrected chi connectivity index (χ1v) is 8.07. The number of nitrogens with one attached hydrogen (secondary N) is 1. The fraction of sp³-hybridized carbons (Fsp3) is 0.294. The normalized spacial score (nSPS) is 11.8. The second-order valence-corrected chi connectivity index (χ2v) is 5.88. The van der Waals surface area contributed by atoms with Crippen molar-refractivity contribution >= 4 is 29.1 Å². The summed E-state index contributed by atoms with van der Waals surface area (Å²) in [5.41, 5.74) is 1.58. The highest BCUT2D eigenvalue weighted by Gasteiger charge is 2.12. The number of ether oxygens (including phenoxy) is 1. The van der Waals surface area contributed by atoms with Crippen molar-refractivity contribution in [1.82, 2.24) is 10.3 Å². The number of carbonyl (C=O) groups excluding carboxylic acids is 1. The maximum absolute atomic E-state index is 12.1. The molecule has 1 amide bonds. The average Bonchev–Trinajstić information content (AvgIpc) is 2.52. The van der Waals surface area contributed by atoms with Crippen LogP contribution in [-0.4, -0.2) is 17.5 Å². The molecule has 0 spiro atoms. The summed E-state index contributed by atoms with van der Waals surface area (Å²) in [5.74, 6) is 0.608. The minimum atomic E-state index is -0.194. The van der Waals surface area contributed by atoms with Crippen LogP contribution in [0.15, 0.2) is 36.5 Å². The molecule has 0 fully saturated rings. The Kier molecular flexibility index (Phi) is 6.25. The fourth-order valence-electron chi connectivity index (χ4n) is 2.10. The Morgan fingerprint density at radius 3 is 2.65 bits per heavy atom. The molecule has 2 aromatic rings. The first-order valence-electron chi connectivity index (χ1n) is 7.31. The van der Waals surface area contributed by atoms with Gasteiger partial charge < -0.3 is 10.1 Å². The number of halogens is 2. The van der Waals surface area contributed by atoms with E-state index in [-0.39, 0.29) is 18.4 Å². The summed E-state index contributed by atoms with van der Waals surface area (Å²) >= 11 is 11.8. The van der Waals surface area contributed by atoms with Crippen molar-refractivity contribution < 1.29 is 9.53 Å². The Morgan fingerprint density at radius 1 is 1.26 bits per heavy atom. The van der Waals surface area contributed by atoms with Gasteiger partial charge in [-0.2, -0.15) is 0 Å². The van der Waals surface area contributed by atoms with E-state index in [0.717, 1.165) is 11.3 Å². The van der Waals surface area contributed by atoms with Gasteiger partial charge in [0.25, 0.3) is 0 Å². The SMILES string of the molecule is CCOc1ccc([C@@H](C)NC(=O)Cc2ccc(Cl)c(Cl)c2)nc1. The van der Waals surface area contributed by atoms with E-state index in [0.29, 0.717) is 22.4 Å². The fourth-order valence-corrected chi connectivity index (χ4v) is 2.42. The van der Waals surface area contributed by atoms with Gasteiger partial charge in [-0.25, -0.2) is 0 Å². The number of hydrogen-bond donors (Lipinski definition) is 1. The summed E-state index contributed by atoms with van der Waals surface area (Å²) in [4.78, 5) is 16.4. The Bertz CT molecular complexity index is 675. The van der Waals surface area contributed by atoms with Crippen LogP contribution in [-0.2, 0) is 11.2 Å². The number of aromatic nitrogens is 1. The van der Waals surface area contributed by atoms with Gasteiger partial charge in [0, 0.05) is 0 Å². The van der Waals surface area contributed by atoms with Crippen molar-refractivity contribution in [1.29, 1.82) is 0 Å². The lowest BCUT2D eigenvalue weighted by molar-refractivity contribution is -0.121. The average molecular weight is 353 g/mol. The highest BCUT2D eigenvalue weighted by molar-refractivity contribution is 6.42. The first-order chi connectivity index (χ1) is 11.0. The molecule has 0 unspecified atom stereocenters. The lowest BCUT2D eigenvalue weighted by atomic mass is 10.1. The van der Waals surface area contributed by atoms with Gasteiger partial charge in [-0.1, -0.05) is 29.3 Å². The lowest BCUT2D eigenvalue weighted by Crippen LogP contribution is -2.28. The summed E-state index contributed by atoms with van der Waals surface area (Å²) in [5, 5.41) is 3.83. The second kappa shape index (κ2) is 8.18. The molecule has 4 nitrogen and oxygen atoms in total. The van der Waals surface area contributed by atoms with E-state index >= 15 is 0 Å². The van der Waals surface area contributed by atoms with Crippen LogP contribution in [0.5, 0.6) is 5.75 Å². The highest BCUT2D eigenvalue weighted by atomic mass is 35.5. The molecule has 1 atom stereocenters. The molecule has 0 aliphatic rings. The largest absolute Gasteiger partial charge is 0.492 e. The molecule has 0 radical (unpaired) electrons. The molecule has 6 heteroatoms. The van der Waals surface area contributed by atoms with E-state index in [9.17, 15) is 4.79 Å². The third kappa shape index (κ3) is 5.12. The molecule has 0 bridgehead atoms. The molecule has 1 aromatic heterocycles. The number of benzene rings is 1. The van der Waals surface area contributed by atoms with Gasteiger partial charge in [0.15, 0.2) is 0 Å². The van der Waals surface area contributed by atoms with Crippen molar-refractivity contribution in [2.45, 2.75) is 26.3 Å². The Morgan fingerprint density at radius 2 is 2.04 bits per heavy atom. The highest BCUT2D eigenvalue weighted by Crippen LogP contribution is 2.23. The van der Waals surface area contributed by atoms with Gasteiger partial charge in [-0.3, -0.25) is 9.78 Å². The molecule has 0 saturated heterocycles. The maximum Gasteiger partial charge on any atom is 0.224 e. The van der Waals surface area contributed by atoms with Crippen LogP contribution in [0.3, 0.4) is 0 Å². The molecular formula is C17H18Cl2N2O2. The maximum atomic E-state index is 12.1. The van der Waals surface area contributed by atoms with Gasteiger partial charge in [-0.15, -0.1) is 0 Å². The van der Waals surface area contributed by atoms with Gasteiger partial charge in [0.2, 0.25) is 5.91 Å². The summed E-state index contributed by atoms with van der Waals surface area (Å²) in [7, 11) is 0. The van der Waals surface area contributed by atoms with Crippen LogP contribution >= 0.6 is 23.2 Å². The number of pyridine rings is 1. The summed E-state index contributed by atoms with van der Waals surface area (Å²) < 4.78 is 5.35. The third-order valence-corrected chi connectivity index (χ3v) is 3.98. The van der Waals surface area contributed by atoms with Crippen LogP contribution in [0.4, 0.5) is 0 Å². The van der Waals surface area contributed by atoms with Crippen LogP contribution in [0.25, 0.3) is 0 Å². The monoisotopic (exact) mass is 352 g/mol. The molecule has 0 aliphatic heterocycles. The van der Waals surface area contributed by atoms with E-state index in [1.165, 1.54) is 0 Å². The molecule has 122 valence electrons. The summed E-state index contributed by atoms with van der Waals surface area (Å²) in [6, 6.07) is 8.66. The van der Waals surface area contributed by atoms with Gasteiger partial charge in [0.05, 0.1) is 41.0 Å². The number of amides is 1. The van der Waals surface area contributed by atoms with Crippen molar-refractivity contribution in [2.75, 3.05) is 6.61 Å². The first kappa shape index (κ1) is 17.6. The van der Waals surface area contributed by atoms with Crippen molar-refractivity contribution in [3.8, 4) is 5.75 Å². The topological polar surface area (TPSA) is 51.2 Å². The van der Waals surface area contributed by atoms with Crippen LogP contribution in [0, 0.1) is 0 Å². The van der Waals surface area contributed by atoms with Crippen molar-refractivity contribution in [3.05, 3.63) is 57.8 Å². The predicted octanol–water partition coefficient (Wildman–Crippen LogP) is 4.21. The number of rotatable bonds is 6. The molecule has 0 aliphatic carbocycles. The van der Waals surface area contributed by atoms with E-state index in [1.807, 2.05) is 26.0 Å². The smallest absolute Gasteiger partial charge is 0.224 e. The zero-order chi connectivity index (χ0) is 16.8. The number of carbonyl (C=O) groups is 1. The zero-order valence-electron chi connectivity index (χ0n) is 13.0. The Labute approximate surface area is 145 Å². The van der Waals surface area contributed by atoms with Crippen LogP contribution in [0.1, 0.15) is 31.1 Å². The van der Waals surface area contributed by atoms with E-state index < -0.39 is 0 Å². The van der Waals surface area contributed by atoms with Crippen molar-refractivity contribution in [3.63, 3.8) is 0 Å². The Balaban J connectivity index is 1.94. The predicted molar refractivity (Wildman–Crippen MR) is 92.1 cm³/mol. The third-order valence-electron chi connectivity index (χ3n) is 3.24. The minimum absolute atomic E-state index is 0.105. The molecule has 1 N–H and O–H groups in total. The molecule has 1 aromatic carbocycles. The second-order valence-electron chi connectivity index (χ2n) is 5.07. The molecular weight excluding hydrogens is 335 g/mol. The number of nitrogens with zero attached hydrogens (tertiary/aromatic N) is 1. The number of hydrogen-bond acceptors (Lipinski definition) is 3. The van der Waals surface area contributed by atoms with Gasteiger partial charge >= 0.3 is 0 Å². The van der Waals surface area contributed by atoms with Gasteiger partial charge in [0.1, 0.15) is 5.75 Å². The lowest BCUT2D eigenvalue weighted by Gasteiger charge is -2.14. The standard InChI is InChI=1S/C17H18Cl2N2O2/c1-3-23-13-5-7-16(20-10-13)11(2)21-17(22)9-12-4-6-14(18)15(19)8-12/h4-8,10-11H,3,9H2,1-2H3,(H,21,22)/t11-/m1/s1. The molecule has 1 heterocycles. The quantitative estimate of drug-likeness (QED) is 0.847. The van der Waals surface area contributed by atoms with Gasteiger partial charge in [-0.05, 0) is 43.7 Å².